The van der Waals surface area contributed by atoms with Crippen LogP contribution >= 0.6 is 0 Å². The van der Waals surface area contributed by atoms with Gasteiger partial charge >= 0.3 is 0 Å². The third-order valence-corrected chi connectivity index (χ3v) is 11.5. The molecule has 0 amide bonds. The first-order valence-electron chi connectivity index (χ1n) is 20.6. The monoisotopic (exact) mass is 778 g/mol. The summed E-state index contributed by atoms with van der Waals surface area (Å²) in [5.74, 6) is 0.676. The van der Waals surface area contributed by atoms with Crippen LogP contribution in [0.3, 0.4) is 0 Å². The Hall–Kier alpha value is -8.14. The van der Waals surface area contributed by atoms with Crippen LogP contribution in [-0.4, -0.2) is 9.97 Å². The van der Waals surface area contributed by atoms with E-state index in [-0.39, 0.29) is 0 Å². The molecule has 0 radical (unpaired) electrons. The van der Waals surface area contributed by atoms with Crippen LogP contribution in [0.15, 0.2) is 235 Å². The maximum atomic E-state index is 6.23. The summed E-state index contributed by atoms with van der Waals surface area (Å²) in [6.45, 7) is 0. The molecule has 0 aliphatic heterocycles. The van der Waals surface area contributed by atoms with E-state index in [1.807, 2.05) is 30.3 Å². The Kier molecular flexibility index (Phi) is 9.18. The van der Waals surface area contributed by atoms with Gasteiger partial charge in [0, 0.05) is 27.5 Å². The quantitative estimate of drug-likeness (QED) is 0.154. The van der Waals surface area contributed by atoms with Crippen molar-refractivity contribution in [1.82, 2.24) is 9.97 Å². The Bertz CT molecular complexity index is 3330. The first kappa shape index (κ1) is 36.0. The second-order valence-electron chi connectivity index (χ2n) is 15.4. The fourth-order valence-corrected chi connectivity index (χ4v) is 8.33. The van der Waals surface area contributed by atoms with Crippen LogP contribution in [0, 0.1) is 0 Å². The minimum absolute atomic E-state index is 0.676. The minimum Gasteiger partial charge on any atom is -0.456 e. The lowest BCUT2D eigenvalue weighted by molar-refractivity contribution is 0.669. The Balaban J connectivity index is 1.07. The lowest BCUT2D eigenvalue weighted by atomic mass is 9.93. The number of rotatable bonds is 8. The molecule has 3 nitrogen and oxygen atoms in total. The normalized spacial score (nSPS) is 11.3. The highest BCUT2D eigenvalue weighted by molar-refractivity contribution is 6.06. The summed E-state index contributed by atoms with van der Waals surface area (Å²) in [6.07, 6.45) is 0. The summed E-state index contributed by atoms with van der Waals surface area (Å²) in [5.41, 5.74) is 17.9. The smallest absolute Gasteiger partial charge is 0.160 e. The van der Waals surface area contributed by atoms with Crippen molar-refractivity contribution < 1.29 is 4.42 Å². The highest BCUT2D eigenvalue weighted by atomic mass is 16.3. The van der Waals surface area contributed by atoms with E-state index in [1.165, 1.54) is 22.3 Å². The largest absolute Gasteiger partial charge is 0.456 e. The van der Waals surface area contributed by atoms with Crippen LogP contribution < -0.4 is 0 Å². The zero-order valence-corrected chi connectivity index (χ0v) is 33.2. The summed E-state index contributed by atoms with van der Waals surface area (Å²) >= 11 is 0. The number of para-hydroxylation sites is 1. The van der Waals surface area contributed by atoms with Crippen molar-refractivity contribution in [3.05, 3.63) is 231 Å². The Morgan fingerprint density at radius 2 is 0.623 bits per heavy atom. The number of fused-ring (bicyclic) bond motifs is 3. The number of nitrogens with zero attached hydrogens (tertiary/aromatic N) is 2. The molecule has 0 spiro atoms. The minimum atomic E-state index is 0.676. The van der Waals surface area contributed by atoms with E-state index in [2.05, 4.69) is 200 Å². The second-order valence-corrected chi connectivity index (χ2v) is 15.4. The molecule has 0 aliphatic rings. The third kappa shape index (κ3) is 7.20. The number of hydrogen-bond donors (Lipinski definition) is 0. The zero-order valence-electron chi connectivity index (χ0n) is 33.2. The van der Waals surface area contributed by atoms with Gasteiger partial charge in [0.25, 0.3) is 0 Å². The van der Waals surface area contributed by atoms with Crippen LogP contribution in [0.1, 0.15) is 0 Å². The van der Waals surface area contributed by atoms with Gasteiger partial charge in [-0.15, -0.1) is 0 Å². The Labute approximate surface area is 354 Å². The van der Waals surface area contributed by atoms with Gasteiger partial charge in [-0.25, -0.2) is 9.97 Å². The molecule has 9 aromatic carbocycles. The molecule has 286 valence electrons. The molecule has 0 saturated carbocycles. The average Bonchev–Trinajstić information content (AvgIpc) is 3.73. The van der Waals surface area contributed by atoms with Crippen molar-refractivity contribution >= 4 is 21.9 Å². The van der Waals surface area contributed by atoms with Gasteiger partial charge in [0.1, 0.15) is 11.2 Å². The van der Waals surface area contributed by atoms with Crippen LogP contribution in [0.25, 0.3) is 111 Å². The van der Waals surface area contributed by atoms with E-state index in [4.69, 9.17) is 14.4 Å². The molecule has 0 bridgehead atoms. The summed E-state index contributed by atoms with van der Waals surface area (Å²) in [7, 11) is 0. The van der Waals surface area contributed by atoms with E-state index < -0.39 is 0 Å². The third-order valence-electron chi connectivity index (χ3n) is 11.5. The number of aromatic nitrogens is 2. The average molecular weight is 779 g/mol. The Morgan fingerprint density at radius 3 is 1.30 bits per heavy atom. The van der Waals surface area contributed by atoms with Crippen molar-refractivity contribution in [2.75, 3.05) is 0 Å². The fourth-order valence-electron chi connectivity index (χ4n) is 8.33. The van der Waals surface area contributed by atoms with Crippen molar-refractivity contribution in [3.8, 4) is 89.5 Å². The molecule has 11 rings (SSSR count). The summed E-state index contributed by atoms with van der Waals surface area (Å²) in [5, 5.41) is 2.20. The standard InChI is InChI=1S/C58H38N2O/c1-4-14-39(15-5-1)41-26-28-42(29-27-41)49-34-50(47-30-31-57-53(37-47)52-24-10-11-25-56(52)61-57)36-51(35-49)55-38-54(59-58(60-55)43-18-8-3-9-19-43)48-23-13-22-46(33-48)45-21-12-20-44(32-45)40-16-6-2-7-17-40/h1-38H. The number of benzene rings is 9. The number of hydrogen-bond acceptors (Lipinski definition) is 3. The van der Waals surface area contributed by atoms with Gasteiger partial charge in [0.05, 0.1) is 11.4 Å². The van der Waals surface area contributed by atoms with Gasteiger partial charge in [-0.2, -0.15) is 0 Å². The van der Waals surface area contributed by atoms with Gasteiger partial charge in [-0.1, -0.05) is 176 Å². The van der Waals surface area contributed by atoms with Crippen molar-refractivity contribution in [2.24, 2.45) is 0 Å². The molecule has 2 aromatic heterocycles. The van der Waals surface area contributed by atoms with Gasteiger partial charge in [-0.05, 0) is 110 Å². The van der Waals surface area contributed by atoms with Crippen LogP contribution in [0.4, 0.5) is 0 Å². The summed E-state index contributed by atoms with van der Waals surface area (Å²) in [4.78, 5) is 10.5. The van der Waals surface area contributed by atoms with Crippen molar-refractivity contribution in [3.63, 3.8) is 0 Å². The van der Waals surface area contributed by atoms with Crippen LogP contribution in [-0.2, 0) is 0 Å². The maximum absolute atomic E-state index is 6.23. The summed E-state index contributed by atoms with van der Waals surface area (Å²) in [6, 6.07) is 81.3. The lowest BCUT2D eigenvalue weighted by Gasteiger charge is -2.14. The highest BCUT2D eigenvalue weighted by Gasteiger charge is 2.16. The molecule has 3 heteroatoms. The first-order chi connectivity index (χ1) is 30.2. The molecule has 2 heterocycles. The SMILES string of the molecule is c1ccc(-c2ccc(-c3cc(-c4ccc5oc6ccccc6c5c4)cc(-c4cc(-c5cccc(-c6cccc(-c7ccccc7)c6)c5)nc(-c5ccccc5)n4)c3)cc2)cc1. The molecule has 0 saturated heterocycles. The molecule has 0 unspecified atom stereocenters. The molecule has 0 atom stereocenters. The first-order valence-corrected chi connectivity index (χ1v) is 20.6. The zero-order chi connectivity index (χ0) is 40.5. The van der Waals surface area contributed by atoms with E-state index in [0.29, 0.717) is 5.82 Å². The number of furan rings is 1. The van der Waals surface area contributed by atoms with Crippen LogP contribution in [0.5, 0.6) is 0 Å². The van der Waals surface area contributed by atoms with Crippen molar-refractivity contribution in [1.29, 1.82) is 0 Å². The van der Waals surface area contributed by atoms with Gasteiger partial charge in [-0.3, -0.25) is 0 Å². The fraction of sp³-hybridized carbons (Fsp3) is 0. The van der Waals surface area contributed by atoms with Gasteiger partial charge < -0.3 is 4.42 Å². The van der Waals surface area contributed by atoms with Gasteiger partial charge in [0.15, 0.2) is 5.82 Å². The Morgan fingerprint density at radius 1 is 0.230 bits per heavy atom. The summed E-state index contributed by atoms with van der Waals surface area (Å²) < 4.78 is 6.23. The molecular formula is C58H38N2O. The molecule has 0 aliphatic carbocycles. The van der Waals surface area contributed by atoms with E-state index >= 15 is 0 Å². The molecule has 61 heavy (non-hydrogen) atoms. The maximum Gasteiger partial charge on any atom is 0.160 e. The van der Waals surface area contributed by atoms with E-state index in [0.717, 1.165) is 83.4 Å². The second kappa shape index (κ2) is 15.6. The predicted octanol–water partition coefficient (Wildman–Crippen LogP) is 15.7. The van der Waals surface area contributed by atoms with Crippen molar-refractivity contribution in [2.45, 2.75) is 0 Å². The molecule has 0 fully saturated rings. The predicted molar refractivity (Wildman–Crippen MR) is 253 cm³/mol. The topological polar surface area (TPSA) is 38.9 Å². The highest BCUT2D eigenvalue weighted by Crippen LogP contribution is 2.38. The van der Waals surface area contributed by atoms with Crippen LogP contribution in [0.2, 0.25) is 0 Å². The van der Waals surface area contributed by atoms with Gasteiger partial charge in [0.2, 0.25) is 0 Å². The lowest BCUT2D eigenvalue weighted by Crippen LogP contribution is -1.97. The molecule has 11 aromatic rings. The molecular weight excluding hydrogens is 741 g/mol. The van der Waals surface area contributed by atoms with E-state index in [1.54, 1.807) is 0 Å². The molecule has 0 N–H and O–H groups in total. The van der Waals surface area contributed by atoms with E-state index in [9.17, 15) is 0 Å².